The second-order valence-corrected chi connectivity index (χ2v) is 4.68. The van der Waals surface area contributed by atoms with Crippen LogP contribution in [-0.4, -0.2) is 20.7 Å². The molecule has 0 radical (unpaired) electrons. The highest BCUT2D eigenvalue weighted by atomic mass is 16.1. The van der Waals surface area contributed by atoms with Crippen molar-refractivity contribution in [2.45, 2.75) is 0 Å². The lowest BCUT2D eigenvalue weighted by molar-refractivity contribution is 0.102. The quantitative estimate of drug-likeness (QED) is 0.801. The summed E-state index contributed by atoms with van der Waals surface area (Å²) >= 11 is 0. The smallest absolute Gasteiger partial charge is 0.255 e. The molecule has 1 amide bonds. The molecule has 0 atom stereocenters. The van der Waals surface area contributed by atoms with Crippen molar-refractivity contribution < 1.29 is 4.79 Å². The van der Waals surface area contributed by atoms with E-state index in [9.17, 15) is 4.79 Å². The summed E-state index contributed by atoms with van der Waals surface area (Å²) in [6.07, 6.45) is 6.97. The Kier molecular flexibility index (Phi) is 3.47. The van der Waals surface area contributed by atoms with Gasteiger partial charge in [-0.05, 0) is 29.8 Å². The molecule has 0 unspecified atom stereocenters. The van der Waals surface area contributed by atoms with E-state index in [0.717, 1.165) is 11.1 Å². The fraction of sp³-hybridized carbons (Fsp3) is 0.0625. The van der Waals surface area contributed by atoms with Crippen LogP contribution in [0.4, 0.5) is 5.69 Å². The molecule has 0 bridgehead atoms. The third-order valence-corrected chi connectivity index (χ3v) is 3.08. The van der Waals surface area contributed by atoms with E-state index in [1.165, 1.54) is 0 Å². The van der Waals surface area contributed by atoms with Crippen LogP contribution in [0.25, 0.3) is 11.1 Å². The molecule has 0 aliphatic heterocycles. The standard InChI is InChI=1S/C16H14N4O/c1-20-11-14(9-18-20)12-4-2-5-13(8-12)16(21)19-15-6-3-7-17-10-15/h2-11H,1H3,(H,19,21). The molecule has 1 aromatic carbocycles. The van der Waals surface area contributed by atoms with Crippen molar-refractivity contribution in [1.29, 1.82) is 0 Å². The third-order valence-electron chi connectivity index (χ3n) is 3.08. The van der Waals surface area contributed by atoms with Gasteiger partial charge in [0.2, 0.25) is 0 Å². The second kappa shape index (κ2) is 5.58. The number of nitrogens with zero attached hydrogens (tertiary/aromatic N) is 3. The Morgan fingerprint density at radius 2 is 2.05 bits per heavy atom. The molecule has 2 aromatic heterocycles. The fourth-order valence-electron chi connectivity index (χ4n) is 2.05. The van der Waals surface area contributed by atoms with E-state index in [1.54, 1.807) is 41.5 Å². The average molecular weight is 278 g/mol. The zero-order valence-corrected chi connectivity index (χ0v) is 11.5. The lowest BCUT2D eigenvalue weighted by Gasteiger charge is -2.06. The van der Waals surface area contributed by atoms with E-state index in [0.29, 0.717) is 11.3 Å². The van der Waals surface area contributed by atoms with E-state index < -0.39 is 0 Å². The molecule has 0 fully saturated rings. The van der Waals surface area contributed by atoms with Gasteiger partial charge in [0.25, 0.3) is 5.91 Å². The summed E-state index contributed by atoms with van der Waals surface area (Å²) in [4.78, 5) is 16.2. The topological polar surface area (TPSA) is 59.8 Å². The van der Waals surface area contributed by atoms with Crippen molar-refractivity contribution in [3.05, 3.63) is 66.7 Å². The monoisotopic (exact) mass is 278 g/mol. The summed E-state index contributed by atoms with van der Waals surface area (Å²) in [5.74, 6) is -0.159. The molecule has 3 rings (SSSR count). The fourth-order valence-corrected chi connectivity index (χ4v) is 2.05. The van der Waals surface area contributed by atoms with Gasteiger partial charge in [-0.1, -0.05) is 12.1 Å². The molecule has 21 heavy (non-hydrogen) atoms. The lowest BCUT2D eigenvalue weighted by atomic mass is 10.1. The first-order valence-electron chi connectivity index (χ1n) is 6.53. The van der Waals surface area contributed by atoms with Crippen molar-refractivity contribution in [2.75, 3.05) is 5.32 Å². The van der Waals surface area contributed by atoms with Crippen LogP contribution >= 0.6 is 0 Å². The van der Waals surface area contributed by atoms with E-state index >= 15 is 0 Å². The number of anilines is 1. The first kappa shape index (κ1) is 13.1. The van der Waals surface area contributed by atoms with E-state index in [4.69, 9.17) is 0 Å². The van der Waals surface area contributed by atoms with Gasteiger partial charge in [0, 0.05) is 30.6 Å². The van der Waals surface area contributed by atoms with E-state index in [-0.39, 0.29) is 5.91 Å². The van der Waals surface area contributed by atoms with Crippen molar-refractivity contribution in [3.63, 3.8) is 0 Å². The maximum Gasteiger partial charge on any atom is 0.255 e. The van der Waals surface area contributed by atoms with Crippen LogP contribution in [0, 0.1) is 0 Å². The molecule has 5 nitrogen and oxygen atoms in total. The molecule has 0 saturated carbocycles. The summed E-state index contributed by atoms with van der Waals surface area (Å²) in [5.41, 5.74) is 3.21. The predicted molar refractivity (Wildman–Crippen MR) is 80.8 cm³/mol. The molecule has 1 N–H and O–H groups in total. The number of amides is 1. The number of hydrogen-bond donors (Lipinski definition) is 1. The molecular weight excluding hydrogens is 264 g/mol. The number of aryl methyl sites for hydroxylation is 1. The number of rotatable bonds is 3. The maximum atomic E-state index is 12.2. The zero-order chi connectivity index (χ0) is 14.7. The van der Waals surface area contributed by atoms with Crippen LogP contribution in [0.5, 0.6) is 0 Å². The number of pyridine rings is 1. The molecule has 104 valence electrons. The largest absolute Gasteiger partial charge is 0.321 e. The Bertz CT molecular complexity index is 765. The lowest BCUT2D eigenvalue weighted by Crippen LogP contribution is -2.11. The molecule has 0 aliphatic rings. The Balaban J connectivity index is 1.84. The summed E-state index contributed by atoms with van der Waals surface area (Å²) < 4.78 is 1.73. The van der Waals surface area contributed by atoms with Gasteiger partial charge >= 0.3 is 0 Å². The summed E-state index contributed by atoms with van der Waals surface area (Å²) in [6.45, 7) is 0. The summed E-state index contributed by atoms with van der Waals surface area (Å²) in [6, 6.07) is 11.0. The summed E-state index contributed by atoms with van der Waals surface area (Å²) in [7, 11) is 1.86. The van der Waals surface area contributed by atoms with Crippen LogP contribution in [-0.2, 0) is 7.05 Å². The number of hydrogen-bond acceptors (Lipinski definition) is 3. The van der Waals surface area contributed by atoms with Gasteiger partial charge in [-0.15, -0.1) is 0 Å². The van der Waals surface area contributed by atoms with Crippen molar-refractivity contribution in [2.24, 2.45) is 7.05 Å². The molecule has 0 aliphatic carbocycles. The SMILES string of the molecule is Cn1cc(-c2cccc(C(=O)Nc3cccnc3)c2)cn1. The highest BCUT2D eigenvalue weighted by molar-refractivity contribution is 6.04. The molecule has 2 heterocycles. The first-order chi connectivity index (χ1) is 10.2. The van der Waals surface area contributed by atoms with Gasteiger partial charge in [-0.3, -0.25) is 14.5 Å². The predicted octanol–water partition coefficient (Wildman–Crippen LogP) is 2.73. The Labute approximate surface area is 122 Å². The Hall–Kier alpha value is -2.95. The van der Waals surface area contributed by atoms with E-state index in [1.807, 2.05) is 31.4 Å². The number of carbonyl (C=O) groups is 1. The van der Waals surface area contributed by atoms with Gasteiger partial charge < -0.3 is 5.32 Å². The van der Waals surface area contributed by atoms with Gasteiger partial charge in [-0.25, -0.2) is 0 Å². The minimum atomic E-state index is -0.159. The van der Waals surface area contributed by atoms with Gasteiger partial charge in [-0.2, -0.15) is 5.10 Å². The van der Waals surface area contributed by atoms with E-state index in [2.05, 4.69) is 15.4 Å². The van der Waals surface area contributed by atoms with Crippen LogP contribution in [0.3, 0.4) is 0 Å². The van der Waals surface area contributed by atoms with Gasteiger partial charge in [0.1, 0.15) is 0 Å². The van der Waals surface area contributed by atoms with Crippen LogP contribution in [0.2, 0.25) is 0 Å². The van der Waals surface area contributed by atoms with Crippen molar-refractivity contribution in [3.8, 4) is 11.1 Å². The Morgan fingerprint density at radius 1 is 1.14 bits per heavy atom. The second-order valence-electron chi connectivity index (χ2n) is 4.68. The highest BCUT2D eigenvalue weighted by Gasteiger charge is 2.08. The van der Waals surface area contributed by atoms with Crippen molar-refractivity contribution >= 4 is 11.6 Å². The maximum absolute atomic E-state index is 12.2. The minimum Gasteiger partial charge on any atom is -0.321 e. The average Bonchev–Trinajstić information content (AvgIpc) is 2.95. The molecule has 0 saturated heterocycles. The number of carbonyl (C=O) groups excluding carboxylic acids is 1. The molecule has 5 heteroatoms. The number of aromatic nitrogens is 3. The van der Waals surface area contributed by atoms with Gasteiger partial charge in [0.15, 0.2) is 0 Å². The van der Waals surface area contributed by atoms with Gasteiger partial charge in [0.05, 0.1) is 18.1 Å². The number of nitrogens with one attached hydrogen (secondary N) is 1. The molecular formula is C16H14N4O. The molecule has 0 spiro atoms. The normalized spacial score (nSPS) is 10.3. The Morgan fingerprint density at radius 3 is 2.76 bits per heavy atom. The third kappa shape index (κ3) is 2.97. The summed E-state index contributed by atoms with van der Waals surface area (Å²) in [5, 5.41) is 6.96. The first-order valence-corrected chi connectivity index (χ1v) is 6.53. The van der Waals surface area contributed by atoms with Crippen LogP contribution < -0.4 is 5.32 Å². The number of benzene rings is 1. The van der Waals surface area contributed by atoms with Crippen LogP contribution in [0.1, 0.15) is 10.4 Å². The van der Waals surface area contributed by atoms with Crippen LogP contribution in [0.15, 0.2) is 61.2 Å². The zero-order valence-electron chi connectivity index (χ0n) is 11.5. The molecule has 3 aromatic rings. The highest BCUT2D eigenvalue weighted by Crippen LogP contribution is 2.20. The van der Waals surface area contributed by atoms with Crippen molar-refractivity contribution in [1.82, 2.24) is 14.8 Å². The minimum absolute atomic E-state index is 0.159.